The van der Waals surface area contributed by atoms with Crippen LogP contribution in [0.2, 0.25) is 0 Å². The predicted molar refractivity (Wildman–Crippen MR) is 82.2 cm³/mol. The molecule has 2 aromatic rings. The van der Waals surface area contributed by atoms with Gasteiger partial charge in [0.2, 0.25) is 5.91 Å². The maximum atomic E-state index is 12.1. The van der Waals surface area contributed by atoms with Crippen molar-refractivity contribution in [1.29, 1.82) is 0 Å². The number of benzene rings is 1. The fraction of sp³-hybridized carbons (Fsp3) is 0.188. The molecular weight excluding hydrogens is 284 g/mol. The van der Waals surface area contributed by atoms with Gasteiger partial charge in [0.1, 0.15) is 12.1 Å². The molecule has 6 nitrogen and oxygen atoms in total. The van der Waals surface area contributed by atoms with E-state index in [-0.39, 0.29) is 12.1 Å². The van der Waals surface area contributed by atoms with Gasteiger partial charge in [-0.2, -0.15) is 0 Å². The van der Waals surface area contributed by atoms with Crippen LogP contribution in [0.1, 0.15) is 21.5 Å². The summed E-state index contributed by atoms with van der Waals surface area (Å²) < 4.78 is 1.07. The Labute approximate surface area is 127 Å². The molecule has 0 atom stereocenters. The van der Waals surface area contributed by atoms with Crippen LogP contribution in [0.3, 0.4) is 0 Å². The van der Waals surface area contributed by atoms with Crippen molar-refractivity contribution in [2.75, 3.05) is 5.32 Å². The van der Waals surface area contributed by atoms with Gasteiger partial charge in [-0.3, -0.25) is 9.59 Å². The monoisotopic (exact) mass is 300 g/mol. The van der Waals surface area contributed by atoms with Crippen LogP contribution in [0.5, 0.6) is 0 Å². The number of aryl methyl sites for hydroxylation is 2. The zero-order valence-corrected chi connectivity index (χ0v) is 12.3. The van der Waals surface area contributed by atoms with Crippen molar-refractivity contribution < 1.29 is 14.7 Å². The predicted octanol–water partition coefficient (Wildman–Crippen LogP) is 1.80. The fourth-order valence-corrected chi connectivity index (χ4v) is 2.04. The molecule has 0 spiro atoms. The Morgan fingerprint density at radius 3 is 2.64 bits per heavy atom. The van der Waals surface area contributed by atoms with E-state index in [2.05, 4.69) is 5.32 Å². The molecule has 22 heavy (non-hydrogen) atoms. The van der Waals surface area contributed by atoms with Crippen molar-refractivity contribution in [3.63, 3.8) is 0 Å². The van der Waals surface area contributed by atoms with E-state index in [9.17, 15) is 14.4 Å². The van der Waals surface area contributed by atoms with E-state index in [4.69, 9.17) is 5.11 Å². The first-order chi connectivity index (χ1) is 10.4. The molecule has 0 saturated carbocycles. The molecule has 2 N–H and O–H groups in total. The molecule has 0 aliphatic rings. The average molecular weight is 300 g/mol. The smallest absolute Gasteiger partial charge is 0.341 e. The summed E-state index contributed by atoms with van der Waals surface area (Å²) in [7, 11) is 0. The number of nitrogens with one attached hydrogen (secondary N) is 1. The lowest BCUT2D eigenvalue weighted by Crippen LogP contribution is -2.30. The van der Waals surface area contributed by atoms with Gasteiger partial charge in [-0.1, -0.05) is 12.1 Å². The fourth-order valence-electron chi connectivity index (χ4n) is 2.04. The number of aromatic carboxylic acids is 1. The van der Waals surface area contributed by atoms with Gasteiger partial charge in [-0.15, -0.1) is 0 Å². The SMILES string of the molecule is Cc1ccc(C)c(NC(=O)Cn2cccc(C(=O)O)c2=O)c1. The van der Waals surface area contributed by atoms with Crippen molar-refractivity contribution >= 4 is 17.6 Å². The molecule has 0 aliphatic heterocycles. The van der Waals surface area contributed by atoms with E-state index >= 15 is 0 Å². The van der Waals surface area contributed by atoms with Gasteiger partial charge in [-0.25, -0.2) is 4.79 Å². The Bertz CT molecular complexity index is 793. The molecule has 0 fully saturated rings. The molecule has 0 bridgehead atoms. The van der Waals surface area contributed by atoms with Crippen LogP contribution in [0.15, 0.2) is 41.3 Å². The number of amides is 1. The number of nitrogens with zero attached hydrogens (tertiary/aromatic N) is 1. The zero-order chi connectivity index (χ0) is 16.3. The first-order valence-corrected chi connectivity index (χ1v) is 6.68. The van der Waals surface area contributed by atoms with Crippen molar-refractivity contribution in [2.24, 2.45) is 0 Å². The number of anilines is 1. The number of carboxylic acids is 1. The molecule has 0 aliphatic carbocycles. The Kier molecular flexibility index (Phi) is 4.41. The number of carbonyl (C=O) groups is 2. The number of carbonyl (C=O) groups excluding carboxylic acids is 1. The lowest BCUT2D eigenvalue weighted by Gasteiger charge is -2.10. The van der Waals surface area contributed by atoms with Gasteiger partial charge in [0.05, 0.1) is 0 Å². The molecule has 0 radical (unpaired) electrons. The Balaban J connectivity index is 2.20. The number of rotatable bonds is 4. The average Bonchev–Trinajstić information content (AvgIpc) is 2.45. The van der Waals surface area contributed by atoms with Crippen molar-refractivity contribution in [3.05, 3.63) is 63.6 Å². The van der Waals surface area contributed by atoms with Crippen molar-refractivity contribution in [3.8, 4) is 0 Å². The second-order valence-corrected chi connectivity index (χ2v) is 5.03. The Hall–Kier alpha value is -2.89. The Morgan fingerprint density at radius 1 is 1.23 bits per heavy atom. The second kappa shape index (κ2) is 6.26. The number of pyridine rings is 1. The normalized spacial score (nSPS) is 10.3. The van der Waals surface area contributed by atoms with E-state index in [1.807, 2.05) is 32.0 Å². The molecule has 1 amide bonds. The van der Waals surface area contributed by atoms with Crippen molar-refractivity contribution in [2.45, 2.75) is 20.4 Å². The molecule has 1 aromatic heterocycles. The van der Waals surface area contributed by atoms with E-state index in [1.165, 1.54) is 18.3 Å². The summed E-state index contributed by atoms with van der Waals surface area (Å²) in [6.45, 7) is 3.54. The summed E-state index contributed by atoms with van der Waals surface area (Å²) in [6, 6.07) is 8.30. The third-order valence-corrected chi connectivity index (χ3v) is 3.23. The van der Waals surface area contributed by atoms with Crippen LogP contribution in [-0.4, -0.2) is 21.6 Å². The molecule has 2 rings (SSSR count). The molecule has 0 saturated heterocycles. The molecule has 1 heterocycles. The Morgan fingerprint density at radius 2 is 1.95 bits per heavy atom. The van der Waals surface area contributed by atoms with Gasteiger partial charge in [-0.05, 0) is 43.2 Å². The minimum Gasteiger partial charge on any atom is -0.477 e. The highest BCUT2D eigenvalue weighted by Crippen LogP contribution is 2.16. The van der Waals surface area contributed by atoms with Gasteiger partial charge in [0.25, 0.3) is 5.56 Å². The minimum atomic E-state index is -1.31. The third kappa shape index (κ3) is 3.41. The van der Waals surface area contributed by atoms with Gasteiger partial charge in [0, 0.05) is 11.9 Å². The van der Waals surface area contributed by atoms with Crippen LogP contribution in [0, 0.1) is 13.8 Å². The van der Waals surface area contributed by atoms with Gasteiger partial charge in [0.15, 0.2) is 0 Å². The molecule has 114 valence electrons. The number of carboxylic acid groups (broad SMARTS) is 1. The molecule has 0 unspecified atom stereocenters. The summed E-state index contributed by atoms with van der Waals surface area (Å²) in [5.41, 5.74) is 1.53. The van der Waals surface area contributed by atoms with E-state index in [1.54, 1.807) is 0 Å². The maximum absolute atomic E-state index is 12.1. The van der Waals surface area contributed by atoms with Crippen LogP contribution >= 0.6 is 0 Å². The van der Waals surface area contributed by atoms with Gasteiger partial charge >= 0.3 is 5.97 Å². The topological polar surface area (TPSA) is 88.4 Å². The lowest BCUT2D eigenvalue weighted by molar-refractivity contribution is -0.116. The molecular formula is C16H16N2O4. The summed E-state index contributed by atoms with van der Waals surface area (Å²) >= 11 is 0. The van der Waals surface area contributed by atoms with E-state index in [0.717, 1.165) is 15.7 Å². The number of hydrogen-bond acceptors (Lipinski definition) is 3. The van der Waals surface area contributed by atoms with E-state index < -0.39 is 17.4 Å². The lowest BCUT2D eigenvalue weighted by atomic mass is 10.1. The summed E-state index contributed by atoms with van der Waals surface area (Å²) in [6.07, 6.45) is 1.39. The standard InChI is InChI=1S/C16H16N2O4/c1-10-5-6-11(2)13(8-10)17-14(19)9-18-7-3-4-12(15(18)20)16(21)22/h3-8H,9H2,1-2H3,(H,17,19)(H,21,22). The zero-order valence-electron chi connectivity index (χ0n) is 12.3. The highest BCUT2D eigenvalue weighted by molar-refractivity contribution is 5.91. The maximum Gasteiger partial charge on any atom is 0.341 e. The van der Waals surface area contributed by atoms with Crippen LogP contribution < -0.4 is 10.9 Å². The number of aromatic nitrogens is 1. The molecule has 1 aromatic carbocycles. The summed E-state index contributed by atoms with van der Waals surface area (Å²) in [5, 5.41) is 11.6. The van der Waals surface area contributed by atoms with E-state index in [0.29, 0.717) is 5.69 Å². The van der Waals surface area contributed by atoms with Crippen LogP contribution in [-0.2, 0) is 11.3 Å². The third-order valence-electron chi connectivity index (χ3n) is 3.23. The summed E-state index contributed by atoms with van der Waals surface area (Å²) in [5.74, 6) is -1.70. The highest BCUT2D eigenvalue weighted by Gasteiger charge is 2.12. The first-order valence-electron chi connectivity index (χ1n) is 6.68. The quantitative estimate of drug-likeness (QED) is 0.901. The highest BCUT2D eigenvalue weighted by atomic mass is 16.4. The van der Waals surface area contributed by atoms with Gasteiger partial charge < -0.3 is 15.0 Å². The van der Waals surface area contributed by atoms with Crippen molar-refractivity contribution in [1.82, 2.24) is 4.57 Å². The number of hydrogen-bond donors (Lipinski definition) is 2. The van der Waals surface area contributed by atoms with Crippen LogP contribution in [0.25, 0.3) is 0 Å². The second-order valence-electron chi connectivity index (χ2n) is 5.03. The summed E-state index contributed by atoms with van der Waals surface area (Å²) in [4.78, 5) is 34.9. The first kappa shape index (κ1) is 15.5. The van der Waals surface area contributed by atoms with Crippen LogP contribution in [0.4, 0.5) is 5.69 Å². The molecule has 6 heteroatoms. The minimum absolute atomic E-state index is 0.243. The largest absolute Gasteiger partial charge is 0.477 e.